The maximum Gasteiger partial charge on any atom is 0.153 e. The van der Waals surface area contributed by atoms with Gasteiger partial charge in [0.1, 0.15) is 5.75 Å². The molecule has 0 aliphatic rings. The highest BCUT2D eigenvalue weighted by Crippen LogP contribution is 2.23. The second-order valence-corrected chi connectivity index (χ2v) is 3.90. The normalized spacial score (nSPS) is 10.2. The number of hydrogen-bond donors (Lipinski definition) is 0. The van der Waals surface area contributed by atoms with Crippen LogP contribution in [0.5, 0.6) is 5.75 Å². The van der Waals surface area contributed by atoms with Crippen LogP contribution in [0.4, 0.5) is 5.69 Å². The molecule has 0 aliphatic heterocycles. The first-order valence-electron chi connectivity index (χ1n) is 4.97. The van der Waals surface area contributed by atoms with E-state index in [1.807, 2.05) is 51.0 Å². The molecule has 0 saturated carbocycles. The van der Waals surface area contributed by atoms with E-state index in [1.54, 1.807) is 0 Å². The van der Waals surface area contributed by atoms with Gasteiger partial charge >= 0.3 is 0 Å². The predicted octanol–water partition coefficient (Wildman–Crippen LogP) is 2.35. The van der Waals surface area contributed by atoms with Gasteiger partial charge in [0.25, 0.3) is 0 Å². The van der Waals surface area contributed by atoms with Crippen LogP contribution in [0.3, 0.4) is 0 Å². The third-order valence-electron chi connectivity index (χ3n) is 2.00. The summed E-state index contributed by atoms with van der Waals surface area (Å²) < 4.78 is 5.52. The van der Waals surface area contributed by atoms with Crippen LogP contribution < -0.4 is 9.64 Å². The summed E-state index contributed by atoms with van der Waals surface area (Å²) in [5, 5.41) is 0. The number of carbonyl (C=O) groups is 1. The van der Waals surface area contributed by atoms with E-state index in [0.717, 1.165) is 12.0 Å². The fraction of sp³-hybridized carbons (Fsp3) is 0.417. The smallest absolute Gasteiger partial charge is 0.153 e. The molecule has 0 aliphatic carbocycles. The Bertz CT molecular complexity index is 345. The van der Waals surface area contributed by atoms with Gasteiger partial charge in [-0.15, -0.1) is 0 Å². The minimum Gasteiger partial charge on any atom is -0.490 e. The van der Waals surface area contributed by atoms with Crippen molar-refractivity contribution in [2.45, 2.75) is 20.0 Å². The molecule has 0 fully saturated rings. The Morgan fingerprint density at radius 2 is 2.00 bits per heavy atom. The number of aldehydes is 1. The SMILES string of the molecule is CC(C)Oc1ccc(N(C)C)cc1C=O. The zero-order valence-corrected chi connectivity index (χ0v) is 9.65. The summed E-state index contributed by atoms with van der Waals surface area (Å²) in [4.78, 5) is 12.8. The fourth-order valence-electron chi connectivity index (χ4n) is 1.27. The summed E-state index contributed by atoms with van der Waals surface area (Å²) in [5.41, 5.74) is 1.59. The molecule has 1 rings (SSSR count). The number of ether oxygens (including phenoxy) is 1. The molecule has 1 aromatic rings. The van der Waals surface area contributed by atoms with Crippen LogP contribution in [0.15, 0.2) is 18.2 Å². The first kappa shape index (κ1) is 11.6. The van der Waals surface area contributed by atoms with Crippen LogP contribution in [0.25, 0.3) is 0 Å². The zero-order chi connectivity index (χ0) is 11.4. The van der Waals surface area contributed by atoms with Gasteiger partial charge in [-0.25, -0.2) is 0 Å². The van der Waals surface area contributed by atoms with Gasteiger partial charge in [0.2, 0.25) is 0 Å². The Balaban J connectivity index is 3.03. The van der Waals surface area contributed by atoms with E-state index < -0.39 is 0 Å². The number of hydrogen-bond acceptors (Lipinski definition) is 3. The Morgan fingerprint density at radius 3 is 2.47 bits per heavy atom. The molecule has 0 atom stereocenters. The molecule has 1 aromatic carbocycles. The highest BCUT2D eigenvalue weighted by molar-refractivity contribution is 5.81. The molecule has 3 nitrogen and oxygen atoms in total. The summed E-state index contributed by atoms with van der Waals surface area (Å²) in [7, 11) is 3.87. The largest absolute Gasteiger partial charge is 0.490 e. The van der Waals surface area contributed by atoms with Crippen LogP contribution in [0.1, 0.15) is 24.2 Å². The molecule has 0 saturated heterocycles. The van der Waals surface area contributed by atoms with Gasteiger partial charge in [-0.3, -0.25) is 4.79 Å². The van der Waals surface area contributed by atoms with Gasteiger partial charge in [0, 0.05) is 19.8 Å². The summed E-state index contributed by atoms with van der Waals surface area (Å²) in [5.74, 6) is 0.644. The molecule has 3 heteroatoms. The summed E-state index contributed by atoms with van der Waals surface area (Å²) in [6, 6.07) is 5.59. The minimum absolute atomic E-state index is 0.0777. The van der Waals surface area contributed by atoms with Crippen molar-refractivity contribution in [2.24, 2.45) is 0 Å². The van der Waals surface area contributed by atoms with Crippen LogP contribution >= 0.6 is 0 Å². The third kappa shape index (κ3) is 2.98. The first-order valence-corrected chi connectivity index (χ1v) is 4.97. The van der Waals surface area contributed by atoms with Crippen molar-refractivity contribution in [3.05, 3.63) is 23.8 Å². The van der Waals surface area contributed by atoms with E-state index in [-0.39, 0.29) is 6.10 Å². The molecule has 0 N–H and O–H groups in total. The summed E-state index contributed by atoms with van der Waals surface area (Å²) in [6.07, 6.45) is 0.902. The van der Waals surface area contributed by atoms with E-state index in [9.17, 15) is 4.79 Å². The average Bonchev–Trinajstić information content (AvgIpc) is 2.17. The van der Waals surface area contributed by atoms with Gasteiger partial charge in [0.05, 0.1) is 11.7 Å². The molecule has 15 heavy (non-hydrogen) atoms. The Morgan fingerprint density at radius 1 is 1.33 bits per heavy atom. The van der Waals surface area contributed by atoms with Crippen LogP contribution in [0, 0.1) is 0 Å². The molecular formula is C12H17NO2. The van der Waals surface area contributed by atoms with Gasteiger partial charge in [0.15, 0.2) is 6.29 Å². The maximum atomic E-state index is 10.9. The summed E-state index contributed by atoms with van der Waals surface area (Å²) in [6.45, 7) is 3.88. The lowest BCUT2D eigenvalue weighted by atomic mass is 10.2. The Kier molecular flexibility index (Phi) is 3.72. The second-order valence-electron chi connectivity index (χ2n) is 3.90. The van der Waals surface area contributed by atoms with Crippen molar-refractivity contribution in [2.75, 3.05) is 19.0 Å². The van der Waals surface area contributed by atoms with E-state index in [1.165, 1.54) is 0 Å². The number of carbonyl (C=O) groups excluding carboxylic acids is 1. The lowest BCUT2D eigenvalue weighted by molar-refractivity contribution is 0.111. The lowest BCUT2D eigenvalue weighted by Gasteiger charge is -2.16. The summed E-state index contributed by atoms with van der Waals surface area (Å²) >= 11 is 0. The van der Waals surface area contributed by atoms with Gasteiger partial charge in [-0.2, -0.15) is 0 Å². The Labute approximate surface area is 90.7 Å². The van der Waals surface area contributed by atoms with Crippen LogP contribution in [-0.4, -0.2) is 26.5 Å². The van der Waals surface area contributed by atoms with Crippen LogP contribution in [-0.2, 0) is 0 Å². The molecule has 82 valence electrons. The van der Waals surface area contributed by atoms with E-state index in [2.05, 4.69) is 0 Å². The second kappa shape index (κ2) is 4.82. The molecule has 0 unspecified atom stereocenters. The molecule has 0 spiro atoms. The fourth-order valence-corrected chi connectivity index (χ4v) is 1.27. The minimum atomic E-state index is 0.0777. The van der Waals surface area contributed by atoms with E-state index >= 15 is 0 Å². The molecule has 0 aromatic heterocycles. The standard InChI is InChI=1S/C12H17NO2/c1-9(2)15-12-6-5-11(13(3)4)7-10(12)8-14/h5-9H,1-4H3. The van der Waals surface area contributed by atoms with Gasteiger partial charge in [-0.05, 0) is 32.0 Å². The first-order chi connectivity index (χ1) is 7.04. The molecular weight excluding hydrogens is 190 g/mol. The van der Waals surface area contributed by atoms with E-state index in [0.29, 0.717) is 11.3 Å². The number of nitrogens with zero attached hydrogens (tertiary/aromatic N) is 1. The molecule has 0 amide bonds. The predicted molar refractivity (Wildman–Crippen MR) is 61.9 cm³/mol. The molecule has 0 heterocycles. The average molecular weight is 207 g/mol. The quantitative estimate of drug-likeness (QED) is 0.710. The topological polar surface area (TPSA) is 29.5 Å². The van der Waals surface area contributed by atoms with Gasteiger partial charge < -0.3 is 9.64 Å². The van der Waals surface area contributed by atoms with Gasteiger partial charge in [-0.1, -0.05) is 0 Å². The highest BCUT2D eigenvalue weighted by atomic mass is 16.5. The molecule has 0 bridgehead atoms. The monoisotopic (exact) mass is 207 g/mol. The van der Waals surface area contributed by atoms with Crippen LogP contribution in [0.2, 0.25) is 0 Å². The van der Waals surface area contributed by atoms with Crippen molar-refractivity contribution in [3.63, 3.8) is 0 Å². The number of rotatable bonds is 4. The lowest BCUT2D eigenvalue weighted by Crippen LogP contribution is -2.11. The third-order valence-corrected chi connectivity index (χ3v) is 2.00. The Hall–Kier alpha value is -1.51. The van der Waals surface area contributed by atoms with Crippen molar-refractivity contribution in [1.82, 2.24) is 0 Å². The maximum absolute atomic E-state index is 10.9. The van der Waals surface area contributed by atoms with Crippen molar-refractivity contribution in [3.8, 4) is 5.75 Å². The molecule has 0 radical (unpaired) electrons. The highest BCUT2D eigenvalue weighted by Gasteiger charge is 2.06. The van der Waals surface area contributed by atoms with Crippen molar-refractivity contribution < 1.29 is 9.53 Å². The zero-order valence-electron chi connectivity index (χ0n) is 9.65. The van der Waals surface area contributed by atoms with Crippen molar-refractivity contribution >= 4 is 12.0 Å². The number of anilines is 1. The van der Waals surface area contributed by atoms with Crippen molar-refractivity contribution in [1.29, 1.82) is 0 Å². The number of benzene rings is 1. The van der Waals surface area contributed by atoms with E-state index in [4.69, 9.17) is 4.74 Å².